The van der Waals surface area contributed by atoms with Crippen LogP contribution in [-0.2, 0) is 14.3 Å². The fourth-order valence-corrected chi connectivity index (χ4v) is 2.21. The first-order chi connectivity index (χ1) is 8.22. The van der Waals surface area contributed by atoms with Crippen molar-refractivity contribution in [2.24, 2.45) is 0 Å². The zero-order valence-electron chi connectivity index (χ0n) is 9.80. The van der Waals surface area contributed by atoms with E-state index in [2.05, 4.69) is 6.08 Å². The van der Waals surface area contributed by atoms with Crippen molar-refractivity contribution >= 4 is 24.0 Å². The van der Waals surface area contributed by atoms with Crippen LogP contribution in [0, 0.1) is 0 Å². The molecular weight excluding hydrogens is 236 g/mol. The summed E-state index contributed by atoms with van der Waals surface area (Å²) in [5.74, 6) is 1.71. The Hall–Kier alpha value is -1.29. The van der Waals surface area contributed by atoms with Crippen LogP contribution in [0.25, 0.3) is 0 Å². The molecule has 17 heavy (non-hydrogen) atoms. The van der Waals surface area contributed by atoms with Crippen molar-refractivity contribution in [1.29, 1.82) is 0 Å². The monoisotopic (exact) mass is 252 g/mol. The largest absolute Gasteiger partial charge is 0.455 e. The minimum absolute atomic E-state index is 0.382. The molecule has 0 amide bonds. The maximum absolute atomic E-state index is 11.4. The van der Waals surface area contributed by atoms with Gasteiger partial charge >= 0.3 is 5.97 Å². The standard InChI is InChI=1S/C13H16O3S/c1-11(4-2-8-14)16-13(15)7-6-12-5-3-9-17-10-12/h2,4-8,11H,3,9-10H2,1H3/b4-2-,7-6+/t11-/m1/s1. The van der Waals surface area contributed by atoms with Crippen molar-refractivity contribution in [2.45, 2.75) is 19.4 Å². The van der Waals surface area contributed by atoms with Crippen molar-refractivity contribution in [1.82, 2.24) is 0 Å². The molecule has 0 bridgehead atoms. The van der Waals surface area contributed by atoms with Gasteiger partial charge in [0, 0.05) is 11.8 Å². The first-order valence-corrected chi connectivity index (χ1v) is 6.65. The maximum Gasteiger partial charge on any atom is 0.331 e. The minimum Gasteiger partial charge on any atom is -0.455 e. The van der Waals surface area contributed by atoms with Crippen LogP contribution in [0.3, 0.4) is 0 Å². The molecule has 92 valence electrons. The normalized spacial score (nSPS) is 18.1. The number of ether oxygens (including phenoxy) is 1. The van der Waals surface area contributed by atoms with Gasteiger partial charge in [-0.3, -0.25) is 4.79 Å². The van der Waals surface area contributed by atoms with Crippen LogP contribution < -0.4 is 0 Å². The van der Waals surface area contributed by atoms with Crippen LogP contribution >= 0.6 is 11.8 Å². The maximum atomic E-state index is 11.4. The van der Waals surface area contributed by atoms with Crippen LogP contribution in [0.5, 0.6) is 0 Å². The molecule has 0 unspecified atom stereocenters. The van der Waals surface area contributed by atoms with E-state index in [0.29, 0.717) is 6.29 Å². The summed E-state index contributed by atoms with van der Waals surface area (Å²) in [5.41, 5.74) is 1.16. The van der Waals surface area contributed by atoms with Crippen molar-refractivity contribution in [2.75, 3.05) is 11.5 Å². The third-order valence-electron chi connectivity index (χ3n) is 2.13. The third kappa shape index (κ3) is 6.12. The zero-order valence-corrected chi connectivity index (χ0v) is 10.6. The molecule has 0 saturated heterocycles. The summed E-state index contributed by atoms with van der Waals surface area (Å²) < 4.78 is 5.04. The van der Waals surface area contributed by atoms with Crippen LogP contribution in [0.4, 0.5) is 0 Å². The van der Waals surface area contributed by atoms with Crippen LogP contribution in [0.1, 0.15) is 13.3 Å². The fraction of sp³-hybridized carbons (Fsp3) is 0.385. The Morgan fingerprint density at radius 1 is 1.59 bits per heavy atom. The lowest BCUT2D eigenvalue weighted by Gasteiger charge is -2.08. The number of hydrogen-bond donors (Lipinski definition) is 0. The zero-order chi connectivity index (χ0) is 12.5. The molecule has 1 rings (SSSR count). The Morgan fingerprint density at radius 2 is 2.41 bits per heavy atom. The van der Waals surface area contributed by atoms with Crippen LogP contribution in [0.15, 0.2) is 36.0 Å². The second kappa shape index (κ2) is 7.90. The van der Waals surface area contributed by atoms with E-state index in [1.807, 2.05) is 11.8 Å². The summed E-state index contributed by atoms with van der Waals surface area (Å²) in [6.45, 7) is 1.71. The topological polar surface area (TPSA) is 43.4 Å². The number of aldehydes is 1. The molecule has 0 saturated carbocycles. The van der Waals surface area contributed by atoms with Gasteiger partial charge in [0.15, 0.2) is 0 Å². The van der Waals surface area contributed by atoms with Crippen molar-refractivity contribution in [3.8, 4) is 0 Å². The Kier molecular flexibility index (Phi) is 6.40. The predicted molar refractivity (Wildman–Crippen MR) is 69.9 cm³/mol. The van der Waals surface area contributed by atoms with Crippen molar-refractivity contribution in [3.05, 3.63) is 36.0 Å². The molecule has 0 fully saturated rings. The molecule has 1 atom stereocenters. The number of hydrogen-bond acceptors (Lipinski definition) is 4. The van der Waals surface area contributed by atoms with Gasteiger partial charge < -0.3 is 4.74 Å². The van der Waals surface area contributed by atoms with Gasteiger partial charge in [0.05, 0.1) is 0 Å². The van der Waals surface area contributed by atoms with Crippen molar-refractivity contribution < 1.29 is 14.3 Å². The highest BCUT2D eigenvalue weighted by atomic mass is 32.2. The van der Waals surface area contributed by atoms with E-state index in [1.54, 1.807) is 13.0 Å². The smallest absolute Gasteiger partial charge is 0.331 e. The lowest BCUT2D eigenvalue weighted by Crippen LogP contribution is -2.10. The van der Waals surface area contributed by atoms with Gasteiger partial charge in [0.1, 0.15) is 12.4 Å². The minimum atomic E-state index is -0.385. The van der Waals surface area contributed by atoms with E-state index in [9.17, 15) is 9.59 Å². The Labute approximate surface area is 106 Å². The summed E-state index contributed by atoms with van der Waals surface area (Å²) in [4.78, 5) is 21.5. The van der Waals surface area contributed by atoms with E-state index >= 15 is 0 Å². The molecule has 0 aromatic rings. The second-order valence-electron chi connectivity index (χ2n) is 3.62. The Morgan fingerprint density at radius 3 is 3.06 bits per heavy atom. The molecule has 1 heterocycles. The Balaban J connectivity index is 2.38. The molecule has 0 aliphatic carbocycles. The van der Waals surface area contributed by atoms with Gasteiger partial charge in [-0.05, 0) is 36.8 Å². The SMILES string of the molecule is C[C@H](/C=C\C=O)OC(=O)/C=C/C1=CCCSC1. The van der Waals surface area contributed by atoms with E-state index in [0.717, 1.165) is 23.5 Å². The summed E-state index contributed by atoms with van der Waals surface area (Å²) in [7, 11) is 0. The molecule has 1 aliphatic rings. The summed E-state index contributed by atoms with van der Waals surface area (Å²) in [6, 6.07) is 0. The molecule has 0 radical (unpaired) electrons. The number of allylic oxidation sites excluding steroid dienone is 3. The van der Waals surface area contributed by atoms with Crippen molar-refractivity contribution in [3.63, 3.8) is 0 Å². The summed E-state index contributed by atoms with van der Waals surface area (Å²) in [6.07, 6.45) is 9.55. The lowest BCUT2D eigenvalue weighted by atomic mass is 10.2. The van der Waals surface area contributed by atoms with Gasteiger partial charge in [-0.25, -0.2) is 4.79 Å². The molecule has 1 aliphatic heterocycles. The number of esters is 1. The third-order valence-corrected chi connectivity index (χ3v) is 3.20. The second-order valence-corrected chi connectivity index (χ2v) is 4.72. The lowest BCUT2D eigenvalue weighted by molar-refractivity contribution is -0.140. The van der Waals surface area contributed by atoms with E-state index in [1.165, 1.54) is 18.2 Å². The quantitative estimate of drug-likeness (QED) is 0.428. The van der Waals surface area contributed by atoms with E-state index in [-0.39, 0.29) is 12.1 Å². The summed E-state index contributed by atoms with van der Waals surface area (Å²) in [5, 5.41) is 0. The van der Waals surface area contributed by atoms with Gasteiger partial charge in [0.25, 0.3) is 0 Å². The van der Waals surface area contributed by atoms with E-state index in [4.69, 9.17) is 4.74 Å². The molecule has 3 nitrogen and oxygen atoms in total. The van der Waals surface area contributed by atoms with E-state index < -0.39 is 0 Å². The first kappa shape index (κ1) is 13.8. The van der Waals surface area contributed by atoms with Gasteiger partial charge in [-0.1, -0.05) is 12.2 Å². The average molecular weight is 252 g/mol. The first-order valence-electron chi connectivity index (χ1n) is 5.50. The van der Waals surface area contributed by atoms with Gasteiger partial charge in [0.2, 0.25) is 0 Å². The molecule has 0 aromatic heterocycles. The highest BCUT2D eigenvalue weighted by Crippen LogP contribution is 2.17. The van der Waals surface area contributed by atoms with Crippen LogP contribution in [0.2, 0.25) is 0 Å². The van der Waals surface area contributed by atoms with Crippen LogP contribution in [-0.4, -0.2) is 29.9 Å². The molecule has 0 aromatic carbocycles. The molecular formula is C13H16O3S. The predicted octanol–water partition coefficient (Wildman–Crippen LogP) is 2.29. The summed E-state index contributed by atoms with van der Waals surface area (Å²) >= 11 is 1.86. The molecule has 0 N–H and O–H groups in total. The molecule has 4 heteroatoms. The number of carbonyl (C=O) groups excluding carboxylic acids is 2. The molecule has 0 spiro atoms. The highest BCUT2D eigenvalue weighted by molar-refractivity contribution is 7.99. The van der Waals surface area contributed by atoms with Gasteiger partial charge in [-0.2, -0.15) is 11.8 Å². The number of rotatable bonds is 5. The van der Waals surface area contributed by atoms with Gasteiger partial charge in [-0.15, -0.1) is 0 Å². The Bertz CT molecular complexity index is 356. The fourth-order valence-electron chi connectivity index (χ4n) is 1.33. The number of thioether (sulfide) groups is 1. The average Bonchev–Trinajstić information content (AvgIpc) is 2.35. The highest BCUT2D eigenvalue weighted by Gasteiger charge is 2.04. The number of carbonyl (C=O) groups is 2.